The van der Waals surface area contributed by atoms with Crippen LogP contribution in [0.5, 0.6) is 0 Å². The van der Waals surface area contributed by atoms with Crippen molar-refractivity contribution in [2.45, 2.75) is 19.8 Å². The van der Waals surface area contributed by atoms with Crippen LogP contribution in [-0.2, 0) is 0 Å². The van der Waals surface area contributed by atoms with E-state index in [-0.39, 0.29) is 5.89 Å². The molecule has 98 valence electrons. The minimum atomic E-state index is -0.367. The molecular weight excluding hydrogens is 306 g/mol. The Kier molecular flexibility index (Phi) is 2.85. The van der Waals surface area contributed by atoms with Gasteiger partial charge in [-0.1, -0.05) is 6.92 Å². The molecule has 0 aromatic carbocycles. The van der Waals surface area contributed by atoms with Crippen LogP contribution in [0, 0.1) is 17.2 Å². The van der Waals surface area contributed by atoms with Crippen molar-refractivity contribution in [3.8, 4) is 6.07 Å². The summed E-state index contributed by atoms with van der Waals surface area (Å²) in [7, 11) is 0. The molecule has 0 unspecified atom stereocenters. The molecule has 1 fully saturated rings. The molecule has 19 heavy (non-hydrogen) atoms. The number of nitrogens with zero attached hydrogens (tertiary/aromatic N) is 4. The summed E-state index contributed by atoms with van der Waals surface area (Å²) in [6, 6.07) is 2.13. The first-order chi connectivity index (χ1) is 9.50. The number of piperidine rings is 1. The summed E-state index contributed by atoms with van der Waals surface area (Å²) in [6.07, 6.45) is 3.33. The van der Waals surface area contributed by atoms with E-state index in [1.165, 1.54) is 0 Å². The lowest BCUT2D eigenvalue weighted by atomic mass is 10.00. The van der Waals surface area contributed by atoms with E-state index in [1.54, 1.807) is 6.20 Å². The van der Waals surface area contributed by atoms with Crippen LogP contribution in [0.3, 0.4) is 0 Å². The number of halogens is 1. The van der Waals surface area contributed by atoms with Gasteiger partial charge in [-0.2, -0.15) is 10.2 Å². The second kappa shape index (κ2) is 4.82. The normalized spacial score (nSPS) is 19.2. The number of H-pyrrole nitrogens is 1. The molecular formula is C13H14BrN5. The third-order valence-electron chi connectivity index (χ3n) is 3.48. The molecule has 0 bridgehead atoms. The van der Waals surface area contributed by atoms with Crippen molar-refractivity contribution in [1.82, 2.24) is 15.0 Å². The van der Waals surface area contributed by atoms with Gasteiger partial charge < -0.3 is 9.88 Å². The summed E-state index contributed by atoms with van der Waals surface area (Å²) in [5.41, 5.74) is 1.04. The van der Waals surface area contributed by atoms with Gasteiger partial charge in [0.1, 0.15) is 11.7 Å². The molecule has 6 heteroatoms. The zero-order valence-corrected chi connectivity index (χ0v) is 12.2. The average molecular weight is 321 g/mol. The highest BCUT2D eigenvalue weighted by molar-refractivity contribution is 9.10. The summed E-state index contributed by atoms with van der Waals surface area (Å²) in [5.74, 6) is 0.201. The number of aromatic nitrogens is 3. The number of nitrogens with one attached hydrogen (secondary N) is 1. The van der Waals surface area contributed by atoms with E-state index in [9.17, 15) is 5.26 Å². The van der Waals surface area contributed by atoms with Gasteiger partial charge in [-0.05, 0) is 34.7 Å². The SMILES string of the molecule is [2H]C1(C)CCN(c2nc(C#N)c3c(Br)c[nH]c3n2)CC1. The lowest BCUT2D eigenvalue weighted by Gasteiger charge is -2.30. The van der Waals surface area contributed by atoms with E-state index in [0.717, 1.165) is 35.8 Å². The minimum Gasteiger partial charge on any atom is -0.345 e. The van der Waals surface area contributed by atoms with Gasteiger partial charge in [0.25, 0.3) is 0 Å². The number of rotatable bonds is 1. The predicted molar refractivity (Wildman–Crippen MR) is 76.9 cm³/mol. The quantitative estimate of drug-likeness (QED) is 0.877. The number of aromatic amines is 1. The fourth-order valence-corrected chi connectivity index (χ4v) is 2.78. The van der Waals surface area contributed by atoms with E-state index < -0.39 is 0 Å². The fraction of sp³-hybridized carbons (Fsp3) is 0.462. The molecule has 0 atom stereocenters. The van der Waals surface area contributed by atoms with Crippen LogP contribution in [0.25, 0.3) is 11.0 Å². The van der Waals surface area contributed by atoms with Crippen LogP contribution in [0.4, 0.5) is 5.95 Å². The Morgan fingerprint density at radius 2 is 2.26 bits per heavy atom. The molecule has 0 amide bonds. The van der Waals surface area contributed by atoms with Crippen molar-refractivity contribution in [1.29, 1.82) is 5.26 Å². The van der Waals surface area contributed by atoms with Crippen LogP contribution in [0.1, 0.15) is 26.8 Å². The molecule has 0 radical (unpaired) electrons. The Morgan fingerprint density at radius 3 is 2.95 bits per heavy atom. The van der Waals surface area contributed by atoms with Crippen LogP contribution >= 0.6 is 15.9 Å². The summed E-state index contributed by atoms with van der Waals surface area (Å²) in [6.45, 7) is 3.45. The molecule has 2 aromatic heterocycles. The second-order valence-corrected chi connectivity index (χ2v) is 5.64. The molecule has 3 rings (SSSR count). The molecule has 0 aliphatic carbocycles. The average Bonchev–Trinajstić information content (AvgIpc) is 2.79. The van der Waals surface area contributed by atoms with Gasteiger partial charge in [-0.15, -0.1) is 0 Å². The first kappa shape index (κ1) is 11.2. The van der Waals surface area contributed by atoms with E-state index in [2.05, 4.69) is 37.0 Å². The van der Waals surface area contributed by atoms with Crippen molar-refractivity contribution in [3.63, 3.8) is 0 Å². The molecule has 1 aliphatic rings. The maximum absolute atomic E-state index is 9.26. The molecule has 0 spiro atoms. The second-order valence-electron chi connectivity index (χ2n) is 4.79. The Morgan fingerprint density at radius 1 is 1.53 bits per heavy atom. The number of nitriles is 1. The standard InChI is InChI=1S/C13H14BrN5/c1-8-2-4-19(5-3-8)13-17-10(6-15)11-9(14)7-16-12(11)18-13/h7-8H,2-5H2,1H3,(H,16,17,18)/i8D. The van der Waals surface area contributed by atoms with Gasteiger partial charge in [0, 0.05) is 25.1 Å². The Balaban J connectivity index is 1.99. The largest absolute Gasteiger partial charge is 0.345 e. The number of hydrogen-bond donors (Lipinski definition) is 1. The van der Waals surface area contributed by atoms with Crippen LogP contribution in [-0.4, -0.2) is 28.0 Å². The number of hydrogen-bond acceptors (Lipinski definition) is 4. The Labute approximate surface area is 121 Å². The predicted octanol–water partition coefficient (Wildman–Crippen LogP) is 2.83. The van der Waals surface area contributed by atoms with Crippen molar-refractivity contribution in [2.75, 3.05) is 18.0 Å². The van der Waals surface area contributed by atoms with Gasteiger partial charge in [0.15, 0.2) is 5.69 Å². The maximum atomic E-state index is 9.26. The third-order valence-corrected chi connectivity index (χ3v) is 4.10. The smallest absolute Gasteiger partial charge is 0.228 e. The lowest BCUT2D eigenvalue weighted by Crippen LogP contribution is -2.34. The van der Waals surface area contributed by atoms with Crippen molar-refractivity contribution in [3.05, 3.63) is 16.4 Å². The molecule has 3 heterocycles. The summed E-state index contributed by atoms with van der Waals surface area (Å²) in [5, 5.41) is 9.98. The zero-order valence-electron chi connectivity index (χ0n) is 11.6. The van der Waals surface area contributed by atoms with Crippen LogP contribution in [0.15, 0.2) is 10.7 Å². The van der Waals surface area contributed by atoms with E-state index in [4.69, 9.17) is 1.37 Å². The summed E-state index contributed by atoms with van der Waals surface area (Å²) < 4.78 is 8.86. The Bertz CT molecular complexity index is 693. The highest BCUT2D eigenvalue weighted by atomic mass is 79.9. The highest BCUT2D eigenvalue weighted by Gasteiger charge is 2.20. The Hall–Kier alpha value is -1.61. The van der Waals surface area contributed by atoms with Gasteiger partial charge in [-0.3, -0.25) is 0 Å². The van der Waals surface area contributed by atoms with Crippen molar-refractivity contribution < 1.29 is 1.37 Å². The molecule has 1 aliphatic heterocycles. The number of anilines is 1. The first-order valence-electron chi connectivity index (χ1n) is 6.70. The van der Waals surface area contributed by atoms with Crippen LogP contribution < -0.4 is 4.90 Å². The van der Waals surface area contributed by atoms with Gasteiger partial charge >= 0.3 is 0 Å². The first-order valence-corrected chi connectivity index (χ1v) is 6.99. The van der Waals surface area contributed by atoms with E-state index in [1.807, 2.05) is 11.8 Å². The summed E-state index contributed by atoms with van der Waals surface area (Å²) in [4.78, 5) is 14.0. The number of fused-ring (bicyclic) bond motifs is 1. The fourth-order valence-electron chi connectivity index (χ4n) is 2.29. The van der Waals surface area contributed by atoms with Gasteiger partial charge in [0.2, 0.25) is 5.95 Å². The molecule has 2 aromatic rings. The monoisotopic (exact) mass is 320 g/mol. The van der Waals surface area contributed by atoms with Gasteiger partial charge in [-0.25, -0.2) is 4.98 Å². The molecule has 0 saturated carbocycles. The molecule has 1 saturated heterocycles. The summed E-state index contributed by atoms with van der Waals surface area (Å²) >= 11 is 3.39. The topological polar surface area (TPSA) is 68.6 Å². The van der Waals surface area contributed by atoms with E-state index >= 15 is 0 Å². The highest BCUT2D eigenvalue weighted by Crippen LogP contribution is 2.27. The molecule has 5 nitrogen and oxygen atoms in total. The third kappa shape index (κ3) is 2.19. The lowest BCUT2D eigenvalue weighted by molar-refractivity contribution is 0.434. The minimum absolute atomic E-state index is 0.367. The maximum Gasteiger partial charge on any atom is 0.228 e. The van der Waals surface area contributed by atoms with Gasteiger partial charge in [0.05, 0.1) is 5.39 Å². The van der Waals surface area contributed by atoms with Crippen molar-refractivity contribution in [2.24, 2.45) is 5.89 Å². The molecule has 1 N–H and O–H groups in total. The zero-order chi connectivity index (χ0) is 14.3. The van der Waals surface area contributed by atoms with Crippen LogP contribution in [0.2, 0.25) is 0 Å². The van der Waals surface area contributed by atoms with Crippen molar-refractivity contribution >= 4 is 32.9 Å². The van der Waals surface area contributed by atoms with E-state index in [0.29, 0.717) is 17.3 Å².